The number of nitrogens with zero attached hydrogens (tertiary/aromatic N) is 1. The van der Waals surface area contributed by atoms with E-state index in [2.05, 4.69) is 4.98 Å². The van der Waals surface area contributed by atoms with Crippen LogP contribution in [0.25, 0.3) is 0 Å². The van der Waals surface area contributed by atoms with E-state index in [0.717, 1.165) is 11.3 Å². The maximum absolute atomic E-state index is 11.3. The molecular weight excluding hydrogens is 206 g/mol. The monoisotopic (exact) mass is 215 g/mol. The van der Waals surface area contributed by atoms with Crippen LogP contribution in [0, 0.1) is 0 Å². The van der Waals surface area contributed by atoms with Crippen LogP contribution in [0.2, 0.25) is 0 Å². The van der Waals surface area contributed by atoms with Crippen molar-refractivity contribution < 1.29 is 19.4 Å². The van der Waals surface area contributed by atoms with Crippen molar-refractivity contribution in [1.29, 1.82) is 0 Å². The molecule has 0 bridgehead atoms. The number of ether oxygens (including phenoxy) is 1. The third kappa shape index (κ3) is 2.61. The minimum atomic E-state index is -1.07. The van der Waals surface area contributed by atoms with Crippen LogP contribution in [-0.2, 0) is 4.74 Å². The van der Waals surface area contributed by atoms with Crippen LogP contribution in [0.1, 0.15) is 26.4 Å². The molecule has 0 fully saturated rings. The fourth-order valence-electron chi connectivity index (χ4n) is 0.758. The second-order valence-electron chi connectivity index (χ2n) is 2.40. The molecular formula is C8H9NO4S. The highest BCUT2D eigenvalue weighted by Gasteiger charge is 2.14. The molecule has 1 aromatic rings. The first-order valence-electron chi connectivity index (χ1n) is 3.95. The van der Waals surface area contributed by atoms with Gasteiger partial charge < -0.3 is 9.84 Å². The fourth-order valence-corrected chi connectivity index (χ4v) is 1.44. The van der Waals surface area contributed by atoms with Gasteiger partial charge in [-0.25, -0.2) is 9.78 Å². The lowest BCUT2D eigenvalue weighted by Crippen LogP contribution is -2.08. The molecule has 14 heavy (non-hydrogen) atoms. The number of aromatic nitrogens is 1. The summed E-state index contributed by atoms with van der Waals surface area (Å²) in [5, 5.41) is 8.76. The lowest BCUT2D eigenvalue weighted by Gasteiger charge is -1.95. The third-order valence-corrected chi connectivity index (χ3v) is 2.42. The Morgan fingerprint density at radius 2 is 2.36 bits per heavy atom. The molecule has 0 aliphatic heterocycles. The lowest BCUT2D eigenvalue weighted by atomic mass is 10.4. The van der Waals surface area contributed by atoms with Crippen molar-refractivity contribution in [1.82, 2.24) is 4.98 Å². The highest BCUT2D eigenvalue weighted by molar-refractivity contribution is 7.15. The van der Waals surface area contributed by atoms with Crippen LogP contribution in [-0.4, -0.2) is 35.1 Å². The number of aromatic carboxylic acids is 1. The molecule has 0 spiro atoms. The van der Waals surface area contributed by atoms with Gasteiger partial charge in [-0.15, -0.1) is 11.3 Å². The molecule has 1 heterocycles. The number of carboxylic acids is 1. The van der Waals surface area contributed by atoms with Crippen molar-refractivity contribution in [3.63, 3.8) is 0 Å². The van der Waals surface area contributed by atoms with E-state index in [1.807, 2.05) is 0 Å². The largest absolute Gasteiger partial charge is 0.477 e. The van der Waals surface area contributed by atoms with Gasteiger partial charge in [0.1, 0.15) is 11.5 Å². The fraction of sp³-hybridized carbons (Fsp3) is 0.375. The molecule has 0 aliphatic rings. The van der Waals surface area contributed by atoms with Gasteiger partial charge in [-0.05, 0) is 6.92 Å². The quantitative estimate of drug-likeness (QED) is 0.743. The first kappa shape index (κ1) is 10.8. The molecule has 5 nitrogen and oxygen atoms in total. The number of ketones is 1. The Morgan fingerprint density at radius 1 is 1.64 bits per heavy atom. The molecule has 0 aliphatic carbocycles. The van der Waals surface area contributed by atoms with Crippen LogP contribution in [0.3, 0.4) is 0 Å². The minimum absolute atomic E-state index is 0.0525. The van der Waals surface area contributed by atoms with E-state index in [9.17, 15) is 9.59 Å². The van der Waals surface area contributed by atoms with E-state index in [0.29, 0.717) is 6.61 Å². The highest BCUT2D eigenvalue weighted by atomic mass is 32.1. The van der Waals surface area contributed by atoms with Crippen LogP contribution in [0.4, 0.5) is 0 Å². The van der Waals surface area contributed by atoms with Gasteiger partial charge in [-0.3, -0.25) is 4.79 Å². The molecule has 0 amide bonds. The van der Waals surface area contributed by atoms with E-state index in [-0.39, 0.29) is 22.3 Å². The number of thiazole rings is 1. The summed E-state index contributed by atoms with van der Waals surface area (Å²) in [4.78, 5) is 25.5. The Kier molecular flexibility index (Phi) is 3.73. The molecule has 1 N–H and O–H groups in total. The van der Waals surface area contributed by atoms with Gasteiger partial charge >= 0.3 is 5.97 Å². The molecule has 0 aromatic carbocycles. The summed E-state index contributed by atoms with van der Waals surface area (Å²) in [7, 11) is 0. The summed E-state index contributed by atoms with van der Waals surface area (Å²) >= 11 is 0.859. The van der Waals surface area contributed by atoms with Crippen LogP contribution < -0.4 is 0 Å². The number of Topliss-reactive ketones (excluding diaryl/α,β-unsaturated/α-hetero) is 1. The van der Waals surface area contributed by atoms with Gasteiger partial charge in [0.25, 0.3) is 0 Å². The number of carboxylic acid groups (broad SMARTS) is 1. The van der Waals surface area contributed by atoms with Gasteiger partial charge in [0, 0.05) is 6.61 Å². The Bertz CT molecular complexity index is 347. The number of hydrogen-bond acceptors (Lipinski definition) is 5. The van der Waals surface area contributed by atoms with Gasteiger partial charge in [0.05, 0.1) is 6.20 Å². The van der Waals surface area contributed by atoms with Crippen molar-refractivity contribution in [2.75, 3.05) is 13.2 Å². The number of carbonyl (C=O) groups excluding carboxylic acids is 1. The molecule has 76 valence electrons. The summed E-state index contributed by atoms with van der Waals surface area (Å²) in [5.74, 6) is -1.36. The van der Waals surface area contributed by atoms with Gasteiger partial charge in [0.15, 0.2) is 5.01 Å². The zero-order chi connectivity index (χ0) is 10.6. The minimum Gasteiger partial charge on any atom is -0.477 e. The van der Waals surface area contributed by atoms with E-state index in [4.69, 9.17) is 9.84 Å². The lowest BCUT2D eigenvalue weighted by molar-refractivity contribution is 0.0701. The van der Waals surface area contributed by atoms with Gasteiger partial charge in [-0.1, -0.05) is 0 Å². The summed E-state index contributed by atoms with van der Waals surface area (Å²) < 4.78 is 4.89. The second-order valence-corrected chi connectivity index (χ2v) is 3.43. The Balaban J connectivity index is 2.66. The standard InChI is InChI=1S/C8H9NO4S/c1-2-13-4-5(10)7-9-3-6(14-7)8(11)12/h3H,2,4H2,1H3,(H,11,12). The molecule has 1 aromatic heterocycles. The van der Waals surface area contributed by atoms with E-state index in [1.165, 1.54) is 6.20 Å². The van der Waals surface area contributed by atoms with Crippen molar-refractivity contribution in [3.05, 3.63) is 16.1 Å². The van der Waals surface area contributed by atoms with E-state index in [1.54, 1.807) is 6.92 Å². The van der Waals surface area contributed by atoms with Crippen molar-refractivity contribution in [2.45, 2.75) is 6.92 Å². The topological polar surface area (TPSA) is 76.5 Å². The SMILES string of the molecule is CCOCC(=O)c1ncc(C(=O)O)s1. The maximum Gasteiger partial charge on any atom is 0.347 e. The van der Waals surface area contributed by atoms with Crippen LogP contribution in [0.15, 0.2) is 6.20 Å². The third-order valence-electron chi connectivity index (χ3n) is 1.39. The normalized spacial score (nSPS) is 10.1. The van der Waals surface area contributed by atoms with Gasteiger partial charge in [0.2, 0.25) is 5.78 Å². The number of hydrogen-bond donors (Lipinski definition) is 1. The summed E-state index contributed by atoms with van der Waals surface area (Å²) in [6.45, 7) is 2.17. The molecule has 6 heteroatoms. The average Bonchev–Trinajstić information content (AvgIpc) is 2.62. The van der Waals surface area contributed by atoms with Crippen molar-refractivity contribution in [2.24, 2.45) is 0 Å². The first-order chi connectivity index (χ1) is 6.65. The molecule has 0 radical (unpaired) electrons. The van der Waals surface area contributed by atoms with Crippen LogP contribution in [0.5, 0.6) is 0 Å². The smallest absolute Gasteiger partial charge is 0.347 e. The Morgan fingerprint density at radius 3 is 2.86 bits per heavy atom. The summed E-state index contributed by atoms with van der Waals surface area (Å²) in [6.07, 6.45) is 1.17. The molecule has 0 saturated carbocycles. The molecule has 0 atom stereocenters. The Labute approximate surface area is 84.3 Å². The Hall–Kier alpha value is -1.27. The van der Waals surface area contributed by atoms with Gasteiger partial charge in [-0.2, -0.15) is 0 Å². The second kappa shape index (κ2) is 4.83. The molecule has 0 saturated heterocycles. The summed E-state index contributed by atoms with van der Waals surface area (Å²) in [6, 6.07) is 0. The van der Waals surface area contributed by atoms with Crippen molar-refractivity contribution >= 4 is 23.1 Å². The summed E-state index contributed by atoms with van der Waals surface area (Å²) in [5.41, 5.74) is 0. The van der Waals surface area contributed by atoms with Crippen LogP contribution >= 0.6 is 11.3 Å². The van der Waals surface area contributed by atoms with Crippen molar-refractivity contribution in [3.8, 4) is 0 Å². The number of rotatable bonds is 5. The zero-order valence-corrected chi connectivity index (χ0v) is 8.34. The predicted molar refractivity (Wildman–Crippen MR) is 49.9 cm³/mol. The number of carbonyl (C=O) groups is 2. The zero-order valence-electron chi connectivity index (χ0n) is 7.52. The molecule has 1 rings (SSSR count). The maximum atomic E-state index is 11.3. The molecule has 0 unspecified atom stereocenters. The first-order valence-corrected chi connectivity index (χ1v) is 4.77. The van der Waals surface area contributed by atoms with E-state index < -0.39 is 5.97 Å². The van der Waals surface area contributed by atoms with E-state index >= 15 is 0 Å². The predicted octanol–water partition coefficient (Wildman–Crippen LogP) is 1.06. The average molecular weight is 215 g/mol. The highest BCUT2D eigenvalue weighted by Crippen LogP contribution is 2.13.